The highest BCUT2D eigenvalue weighted by Gasteiger charge is 2.20. The molecule has 0 unspecified atom stereocenters. The van der Waals surface area contributed by atoms with Crippen LogP contribution in [0.2, 0.25) is 5.02 Å². The van der Waals surface area contributed by atoms with Crippen LogP contribution in [0.1, 0.15) is 6.04 Å². The van der Waals surface area contributed by atoms with Crippen LogP contribution in [0.25, 0.3) is 11.3 Å². The lowest BCUT2D eigenvalue weighted by Crippen LogP contribution is -2.43. The molecular formula is C11H11ClN4. The minimum Gasteiger partial charge on any atom is -0.312 e. The molecule has 2 heterocycles. The maximum absolute atomic E-state index is 5.94. The van der Waals surface area contributed by atoms with E-state index in [4.69, 9.17) is 11.6 Å². The lowest BCUT2D eigenvalue weighted by Gasteiger charge is -2.26. The molecule has 1 saturated heterocycles. The molecule has 0 radical (unpaired) electrons. The first kappa shape index (κ1) is 9.81. The summed E-state index contributed by atoms with van der Waals surface area (Å²) in [7, 11) is 0. The van der Waals surface area contributed by atoms with Gasteiger partial charge in [0.2, 0.25) is 0 Å². The third-order valence-corrected chi connectivity index (χ3v) is 3.00. The zero-order chi connectivity index (χ0) is 11.0. The highest BCUT2D eigenvalue weighted by atomic mass is 35.5. The van der Waals surface area contributed by atoms with E-state index in [1.54, 1.807) is 0 Å². The van der Waals surface area contributed by atoms with Crippen molar-refractivity contribution in [1.29, 1.82) is 0 Å². The average Bonchev–Trinajstić information content (AvgIpc) is 2.64. The van der Waals surface area contributed by atoms with Gasteiger partial charge in [0.15, 0.2) is 0 Å². The van der Waals surface area contributed by atoms with Crippen molar-refractivity contribution in [2.45, 2.75) is 6.04 Å². The van der Waals surface area contributed by atoms with Crippen LogP contribution in [0, 0.1) is 0 Å². The second-order valence-electron chi connectivity index (χ2n) is 3.91. The molecular weight excluding hydrogens is 224 g/mol. The van der Waals surface area contributed by atoms with Crippen molar-refractivity contribution in [3.63, 3.8) is 0 Å². The van der Waals surface area contributed by atoms with Crippen molar-refractivity contribution >= 4 is 11.6 Å². The Morgan fingerprint density at radius 1 is 1.38 bits per heavy atom. The van der Waals surface area contributed by atoms with E-state index in [1.165, 1.54) is 0 Å². The highest BCUT2D eigenvalue weighted by Crippen LogP contribution is 2.21. The van der Waals surface area contributed by atoms with Gasteiger partial charge in [0.05, 0.1) is 12.2 Å². The molecule has 0 atom stereocenters. The summed E-state index contributed by atoms with van der Waals surface area (Å²) in [4.78, 5) is 0. The summed E-state index contributed by atoms with van der Waals surface area (Å²) in [6, 6.07) is 8.10. The van der Waals surface area contributed by atoms with Gasteiger partial charge in [0, 0.05) is 23.7 Å². The molecule has 1 N–H and O–H groups in total. The summed E-state index contributed by atoms with van der Waals surface area (Å²) in [6.45, 7) is 1.94. The van der Waals surface area contributed by atoms with Gasteiger partial charge < -0.3 is 5.32 Å². The zero-order valence-corrected chi connectivity index (χ0v) is 9.35. The first-order valence-electron chi connectivity index (χ1n) is 5.21. The van der Waals surface area contributed by atoms with Crippen LogP contribution in [-0.4, -0.2) is 28.1 Å². The van der Waals surface area contributed by atoms with Gasteiger partial charge in [-0.15, -0.1) is 5.10 Å². The largest absolute Gasteiger partial charge is 0.312 e. The minimum atomic E-state index is 0.445. The Morgan fingerprint density at radius 2 is 2.25 bits per heavy atom. The SMILES string of the molecule is Clc1cccc(-c2cn(C3CNC3)nn2)c1. The minimum absolute atomic E-state index is 0.445. The first-order chi connectivity index (χ1) is 7.83. The van der Waals surface area contributed by atoms with Crippen LogP contribution in [0.3, 0.4) is 0 Å². The van der Waals surface area contributed by atoms with Crippen LogP contribution in [0.5, 0.6) is 0 Å². The second-order valence-corrected chi connectivity index (χ2v) is 4.34. The van der Waals surface area contributed by atoms with Crippen LogP contribution in [-0.2, 0) is 0 Å². The topological polar surface area (TPSA) is 42.7 Å². The fraction of sp³-hybridized carbons (Fsp3) is 0.273. The molecule has 3 rings (SSSR count). The number of benzene rings is 1. The van der Waals surface area contributed by atoms with Crippen LogP contribution in [0.4, 0.5) is 0 Å². The highest BCUT2D eigenvalue weighted by molar-refractivity contribution is 6.30. The molecule has 0 bridgehead atoms. The molecule has 1 aromatic carbocycles. The van der Waals surface area contributed by atoms with Crippen molar-refractivity contribution in [2.24, 2.45) is 0 Å². The fourth-order valence-corrected chi connectivity index (χ4v) is 1.89. The van der Waals surface area contributed by atoms with E-state index in [0.29, 0.717) is 6.04 Å². The normalized spacial score (nSPS) is 16.1. The number of hydrogen-bond acceptors (Lipinski definition) is 3. The van der Waals surface area contributed by atoms with Crippen molar-refractivity contribution in [3.05, 3.63) is 35.5 Å². The first-order valence-corrected chi connectivity index (χ1v) is 5.59. The second kappa shape index (κ2) is 3.88. The maximum atomic E-state index is 5.94. The number of nitrogens with zero attached hydrogens (tertiary/aromatic N) is 3. The van der Waals surface area contributed by atoms with Gasteiger partial charge in [-0.25, -0.2) is 4.68 Å². The lowest BCUT2D eigenvalue weighted by atomic mass is 10.1. The third-order valence-electron chi connectivity index (χ3n) is 2.76. The average molecular weight is 235 g/mol. The molecule has 5 heteroatoms. The molecule has 0 saturated carbocycles. The van der Waals surface area contributed by atoms with Crippen LogP contribution in [0.15, 0.2) is 30.5 Å². The van der Waals surface area contributed by atoms with Gasteiger partial charge in [-0.3, -0.25) is 0 Å². The van der Waals surface area contributed by atoms with Crippen LogP contribution < -0.4 is 5.32 Å². The van der Waals surface area contributed by atoms with E-state index < -0.39 is 0 Å². The Hall–Kier alpha value is -1.39. The van der Waals surface area contributed by atoms with Crippen molar-refractivity contribution in [2.75, 3.05) is 13.1 Å². The van der Waals surface area contributed by atoms with Crippen molar-refractivity contribution in [3.8, 4) is 11.3 Å². The van der Waals surface area contributed by atoms with Crippen molar-refractivity contribution in [1.82, 2.24) is 20.3 Å². The van der Waals surface area contributed by atoms with Crippen LogP contribution >= 0.6 is 11.6 Å². The quantitative estimate of drug-likeness (QED) is 0.861. The summed E-state index contributed by atoms with van der Waals surface area (Å²) in [5.41, 5.74) is 1.88. The smallest absolute Gasteiger partial charge is 0.113 e. The summed E-state index contributed by atoms with van der Waals surface area (Å²) < 4.78 is 1.91. The zero-order valence-electron chi connectivity index (χ0n) is 8.60. The van der Waals surface area contributed by atoms with E-state index in [9.17, 15) is 0 Å². The fourth-order valence-electron chi connectivity index (χ4n) is 1.70. The lowest BCUT2D eigenvalue weighted by molar-refractivity contribution is 0.313. The van der Waals surface area contributed by atoms with E-state index in [1.807, 2.05) is 35.1 Å². The molecule has 0 aliphatic carbocycles. The summed E-state index contributed by atoms with van der Waals surface area (Å²) >= 11 is 5.94. The van der Waals surface area contributed by atoms with E-state index in [0.717, 1.165) is 29.4 Å². The Bertz CT molecular complexity index is 504. The van der Waals surface area contributed by atoms with Gasteiger partial charge in [-0.1, -0.05) is 28.9 Å². The van der Waals surface area contributed by atoms with Crippen molar-refractivity contribution < 1.29 is 0 Å². The van der Waals surface area contributed by atoms with E-state index >= 15 is 0 Å². The Morgan fingerprint density at radius 3 is 2.94 bits per heavy atom. The Balaban J connectivity index is 1.91. The molecule has 1 aromatic heterocycles. The molecule has 16 heavy (non-hydrogen) atoms. The molecule has 0 spiro atoms. The maximum Gasteiger partial charge on any atom is 0.113 e. The monoisotopic (exact) mass is 234 g/mol. The molecule has 0 amide bonds. The molecule has 2 aromatic rings. The number of halogens is 1. The number of hydrogen-bond donors (Lipinski definition) is 1. The van der Waals surface area contributed by atoms with Gasteiger partial charge in [-0.05, 0) is 12.1 Å². The summed E-state index contributed by atoms with van der Waals surface area (Å²) in [5.74, 6) is 0. The molecule has 1 aliphatic heterocycles. The number of nitrogens with one attached hydrogen (secondary N) is 1. The Labute approximate surface area is 98.2 Å². The number of aromatic nitrogens is 3. The molecule has 4 nitrogen and oxygen atoms in total. The molecule has 82 valence electrons. The van der Waals surface area contributed by atoms with Gasteiger partial charge >= 0.3 is 0 Å². The standard InChI is InChI=1S/C11H11ClN4/c12-9-3-1-2-8(4-9)11-7-16(15-14-11)10-5-13-6-10/h1-4,7,10,13H,5-6H2. The summed E-state index contributed by atoms with van der Waals surface area (Å²) in [6.07, 6.45) is 1.97. The molecule has 1 aliphatic rings. The Kier molecular flexibility index (Phi) is 2.38. The predicted octanol–water partition coefficient (Wildman–Crippen LogP) is 1.74. The van der Waals surface area contributed by atoms with Gasteiger partial charge in [0.25, 0.3) is 0 Å². The van der Waals surface area contributed by atoms with Gasteiger partial charge in [-0.2, -0.15) is 0 Å². The predicted molar refractivity (Wildman–Crippen MR) is 62.4 cm³/mol. The third kappa shape index (κ3) is 1.70. The van der Waals surface area contributed by atoms with E-state index in [-0.39, 0.29) is 0 Å². The molecule has 1 fully saturated rings. The summed E-state index contributed by atoms with van der Waals surface area (Å²) in [5, 5.41) is 12.2. The van der Waals surface area contributed by atoms with Gasteiger partial charge in [0.1, 0.15) is 5.69 Å². The number of rotatable bonds is 2. The van der Waals surface area contributed by atoms with E-state index in [2.05, 4.69) is 15.6 Å².